The summed E-state index contributed by atoms with van der Waals surface area (Å²) in [5.74, 6) is 0.536. The summed E-state index contributed by atoms with van der Waals surface area (Å²) >= 11 is 1.56. The van der Waals surface area contributed by atoms with Gasteiger partial charge in [0.25, 0.3) is 0 Å². The first-order valence-electron chi connectivity index (χ1n) is 23.7. The largest absolute Gasteiger partial charge is 0.507 e. The Morgan fingerprint density at radius 2 is 1.25 bits per heavy atom. The fourth-order valence-electron chi connectivity index (χ4n) is 9.37. The van der Waals surface area contributed by atoms with E-state index in [2.05, 4.69) is 211 Å². The van der Waals surface area contributed by atoms with E-state index in [-0.39, 0.29) is 54.3 Å². The third-order valence-corrected chi connectivity index (χ3v) is 14.5. The molecular formula is C62H63FN3OPtS-. The fourth-order valence-corrected chi connectivity index (χ4v) is 10.5. The van der Waals surface area contributed by atoms with Gasteiger partial charge in [0.2, 0.25) is 0 Å². The van der Waals surface area contributed by atoms with Crippen molar-refractivity contribution >= 4 is 32.5 Å². The van der Waals surface area contributed by atoms with Gasteiger partial charge in [-0.1, -0.05) is 179 Å². The normalized spacial score (nSPS) is 12.5. The number of halogens is 1. The number of aryl methyl sites for hydroxylation is 2. The third-order valence-electron chi connectivity index (χ3n) is 13.3. The van der Waals surface area contributed by atoms with Crippen LogP contribution in [0.5, 0.6) is 5.75 Å². The minimum absolute atomic E-state index is 0. The van der Waals surface area contributed by atoms with Crippen LogP contribution in [0.3, 0.4) is 0 Å². The summed E-state index contributed by atoms with van der Waals surface area (Å²) in [6.45, 7) is 30.7. The number of rotatable bonds is 6. The van der Waals surface area contributed by atoms with Crippen molar-refractivity contribution in [1.29, 1.82) is 0 Å². The van der Waals surface area contributed by atoms with Crippen molar-refractivity contribution < 1.29 is 30.6 Å². The number of nitrogens with zero attached hydrogens (tertiary/aromatic N) is 3. The minimum atomic E-state index is -0.351. The van der Waals surface area contributed by atoms with E-state index < -0.39 is 0 Å². The van der Waals surface area contributed by atoms with Gasteiger partial charge in [-0.2, -0.15) is 0 Å². The topological polar surface area (TPSA) is 50.9 Å². The number of pyridine rings is 1. The van der Waals surface area contributed by atoms with Crippen LogP contribution >= 0.6 is 11.3 Å². The Morgan fingerprint density at radius 1 is 0.609 bits per heavy atom. The molecule has 7 heteroatoms. The molecule has 1 N–H and O–H groups in total. The molecule has 9 aromatic rings. The number of phenolic OH excluding ortho intramolecular Hbond substituents is 1. The van der Waals surface area contributed by atoms with Crippen molar-refractivity contribution in [2.24, 2.45) is 0 Å². The van der Waals surface area contributed by atoms with Crippen LogP contribution in [0, 0.1) is 25.7 Å². The number of phenols is 1. The Labute approximate surface area is 427 Å². The Hall–Kier alpha value is -5.68. The summed E-state index contributed by atoms with van der Waals surface area (Å²) in [6.07, 6.45) is 1.35. The fraction of sp³-hybridized carbons (Fsp3) is 0.290. The molecule has 356 valence electrons. The van der Waals surface area contributed by atoms with Crippen molar-refractivity contribution in [3.8, 4) is 66.8 Å². The SMILES string of the molecule is Cc1cc(C)c(-n2c(-c3cc(C(C)(C)C)cc(C(C)(C)C)c3O)nc3c(-c4[c-]c(-c5ncc(F)c6cc(-c7ccc(C(C)(C)C)cc7)sc56)cc(C(C)(C)C)c4)cccc32)c(-c2ccccc2)c1.[Pt]. The second-order valence-electron chi connectivity index (χ2n) is 22.8. The molecule has 6 aromatic carbocycles. The van der Waals surface area contributed by atoms with Gasteiger partial charge in [-0.05, 0) is 87.6 Å². The molecule has 0 spiro atoms. The number of fused-ring (bicyclic) bond motifs is 2. The number of benzene rings is 6. The minimum Gasteiger partial charge on any atom is -0.507 e. The molecule has 0 saturated carbocycles. The first-order valence-corrected chi connectivity index (χ1v) is 24.5. The van der Waals surface area contributed by atoms with Crippen LogP contribution in [0.25, 0.3) is 82.1 Å². The van der Waals surface area contributed by atoms with Gasteiger partial charge in [0, 0.05) is 52.8 Å². The van der Waals surface area contributed by atoms with Crippen LogP contribution < -0.4 is 0 Å². The maximum Gasteiger partial charge on any atom is 0.148 e. The molecule has 0 saturated heterocycles. The maximum absolute atomic E-state index is 15.8. The third kappa shape index (κ3) is 9.40. The van der Waals surface area contributed by atoms with E-state index in [0.29, 0.717) is 22.5 Å². The van der Waals surface area contributed by atoms with Crippen LogP contribution in [0.1, 0.15) is 116 Å². The summed E-state index contributed by atoms with van der Waals surface area (Å²) in [6, 6.07) is 44.4. The van der Waals surface area contributed by atoms with E-state index in [1.807, 2.05) is 12.1 Å². The summed E-state index contributed by atoms with van der Waals surface area (Å²) in [5.41, 5.74) is 15.6. The molecule has 0 aliphatic heterocycles. The van der Waals surface area contributed by atoms with Gasteiger partial charge in [0.05, 0.1) is 28.5 Å². The molecule has 9 rings (SSSR count). The molecule has 3 aromatic heterocycles. The predicted octanol–water partition coefficient (Wildman–Crippen LogP) is 17.4. The Morgan fingerprint density at radius 3 is 1.88 bits per heavy atom. The van der Waals surface area contributed by atoms with E-state index in [1.165, 1.54) is 11.8 Å². The molecule has 3 heterocycles. The number of aromatic nitrogens is 3. The summed E-state index contributed by atoms with van der Waals surface area (Å²) in [7, 11) is 0. The van der Waals surface area contributed by atoms with Crippen molar-refractivity contribution in [2.75, 3.05) is 0 Å². The summed E-state index contributed by atoms with van der Waals surface area (Å²) < 4.78 is 18.9. The maximum atomic E-state index is 15.8. The van der Waals surface area contributed by atoms with Crippen molar-refractivity contribution in [3.63, 3.8) is 0 Å². The van der Waals surface area contributed by atoms with E-state index in [1.54, 1.807) is 11.3 Å². The van der Waals surface area contributed by atoms with Gasteiger partial charge in [-0.3, -0.25) is 9.55 Å². The van der Waals surface area contributed by atoms with E-state index >= 15 is 4.39 Å². The molecule has 4 nitrogen and oxygen atoms in total. The first kappa shape index (κ1) is 49.7. The number of aromatic hydroxyl groups is 1. The summed E-state index contributed by atoms with van der Waals surface area (Å²) in [5, 5.41) is 13.1. The van der Waals surface area contributed by atoms with Gasteiger partial charge in [0.15, 0.2) is 0 Å². The second-order valence-corrected chi connectivity index (χ2v) is 23.8. The van der Waals surface area contributed by atoms with Gasteiger partial charge in [0.1, 0.15) is 17.4 Å². The zero-order chi connectivity index (χ0) is 48.8. The molecule has 0 unspecified atom stereocenters. The van der Waals surface area contributed by atoms with Gasteiger partial charge in [-0.15, -0.1) is 40.7 Å². The standard InChI is InChI=1S/C62H63FN3OS.Pt/c1-36-27-37(2)55(46(28-36)38-19-16-15-17-20-38)66-51-22-18-21-45(54(51)65-58(66)48-32-44(61(9,10)11)33-49(56(48)67)62(12,13)14)40-29-41(31-43(30-40)60(6,7)8)53-57-47(50(63)35-64-53)34-52(68-57)39-23-25-42(26-24-39)59(3,4)5;/h15-28,30-35,67H,1-14H3;/q-1;. The van der Waals surface area contributed by atoms with Crippen LogP contribution in [-0.4, -0.2) is 19.6 Å². The molecule has 0 amide bonds. The Balaban J connectivity index is 0.00000642. The van der Waals surface area contributed by atoms with E-state index in [4.69, 9.17) is 9.97 Å². The van der Waals surface area contributed by atoms with Gasteiger partial charge < -0.3 is 5.11 Å². The zero-order valence-corrected chi connectivity index (χ0v) is 45.5. The van der Waals surface area contributed by atoms with E-state index in [0.717, 1.165) is 87.5 Å². The van der Waals surface area contributed by atoms with Crippen LogP contribution in [0.2, 0.25) is 0 Å². The zero-order valence-electron chi connectivity index (χ0n) is 42.4. The number of hydrogen-bond donors (Lipinski definition) is 1. The molecule has 69 heavy (non-hydrogen) atoms. The Kier molecular flexibility index (Phi) is 12.9. The molecule has 0 fully saturated rings. The molecule has 0 atom stereocenters. The Bertz CT molecular complexity index is 3410. The monoisotopic (exact) mass is 1110 g/mol. The average Bonchev–Trinajstić information content (AvgIpc) is 3.89. The molecule has 0 aliphatic carbocycles. The molecular weight excluding hydrogens is 1050 g/mol. The quantitative estimate of drug-likeness (QED) is 0.169. The predicted molar refractivity (Wildman–Crippen MR) is 286 cm³/mol. The number of imidazole rings is 1. The molecule has 0 radical (unpaired) electrons. The number of para-hydroxylation sites is 1. The average molecular weight is 1110 g/mol. The second kappa shape index (κ2) is 17.9. The number of thiophene rings is 1. The van der Waals surface area contributed by atoms with Crippen LogP contribution in [0.15, 0.2) is 121 Å². The first-order chi connectivity index (χ1) is 31.9. The van der Waals surface area contributed by atoms with Gasteiger partial charge >= 0.3 is 0 Å². The number of hydrogen-bond acceptors (Lipinski definition) is 4. The van der Waals surface area contributed by atoms with Gasteiger partial charge in [-0.25, -0.2) is 9.37 Å². The van der Waals surface area contributed by atoms with E-state index in [9.17, 15) is 5.11 Å². The van der Waals surface area contributed by atoms with Crippen molar-refractivity contribution in [1.82, 2.24) is 14.5 Å². The van der Waals surface area contributed by atoms with Crippen molar-refractivity contribution in [3.05, 3.63) is 167 Å². The van der Waals surface area contributed by atoms with Crippen LogP contribution in [-0.2, 0) is 42.7 Å². The smallest absolute Gasteiger partial charge is 0.148 e. The molecule has 0 aliphatic rings. The summed E-state index contributed by atoms with van der Waals surface area (Å²) in [4.78, 5) is 11.5. The van der Waals surface area contributed by atoms with Crippen molar-refractivity contribution in [2.45, 2.75) is 119 Å². The molecule has 0 bridgehead atoms. The van der Waals surface area contributed by atoms with Crippen LogP contribution in [0.4, 0.5) is 4.39 Å².